The Kier molecular flexibility index (Phi) is 19.6. The molecule has 0 spiro atoms. The number of aliphatic hydroxyl groups is 8. The number of terminal acetylenes is 2. The van der Waals surface area contributed by atoms with Gasteiger partial charge in [-0.1, -0.05) is 11.8 Å². The van der Waals surface area contributed by atoms with Crippen LogP contribution in [0.1, 0.15) is 24.9 Å². The van der Waals surface area contributed by atoms with Crippen LogP contribution in [0.5, 0.6) is 0 Å². The molecule has 52 heteroatoms. The molecule has 12 heterocycles. The molecule has 16 atom stereocenters. The van der Waals surface area contributed by atoms with Crippen molar-refractivity contribution in [1.82, 2.24) is 87.9 Å². The lowest BCUT2D eigenvalue weighted by Crippen LogP contribution is -2.46. The van der Waals surface area contributed by atoms with Crippen molar-refractivity contribution in [3.8, 4) is 24.7 Å². The fourth-order valence-corrected chi connectivity index (χ4v) is 11.1. The minimum absolute atomic E-state index is 0.0464. The van der Waals surface area contributed by atoms with Crippen molar-refractivity contribution in [1.29, 1.82) is 11.1 Å². The average molecular weight is 1440 g/mol. The van der Waals surface area contributed by atoms with Crippen molar-refractivity contribution in [3.05, 3.63) is 69.0 Å². The maximum atomic E-state index is 13.5. The van der Waals surface area contributed by atoms with E-state index >= 15 is 0 Å². The van der Waals surface area contributed by atoms with Gasteiger partial charge in [0.05, 0.1) is 44.9 Å². The lowest BCUT2D eigenvalue weighted by molar-refractivity contribution is -0.211. The number of hydrogen-bond donors (Lipinski definition) is 16. The summed E-state index contributed by atoms with van der Waals surface area (Å²) in [7, 11) is 0. The molecule has 19 N–H and O–H groups in total. The molecule has 8 aromatic rings. The van der Waals surface area contributed by atoms with E-state index in [1.165, 1.54) is 0 Å². The van der Waals surface area contributed by atoms with Crippen LogP contribution in [-0.4, -0.2) is 217 Å². The highest BCUT2D eigenvalue weighted by Gasteiger charge is 2.70. The molecule has 536 valence electrons. The standard InChI is InChI=1S/C13H12F3N5O4.C13H11F3N4O4.C11H11F3N8O4.C11H12F3N8O3/c1-2-12(3-22)7(23)5(13(14,15)16)10(25-12)21-4-18-6-8(21)19-11(17)20-9(6)24;1-2-12(3-21)8(22)6(13(14,15)16)11(24-12)20-5-19-7-9(20)17-4-18-10(7)23;12-11(13,14)3-5(24)10(1-23,20-21-16)26-8(3)22-2-17-4-6(22)18-9(15)19-7(4)25;12-11(13,14)4-6(24)10(1-23,20-21-16)25-9(4)22-3-19-5-7(15)17-2-18-8(5)22/h1,4-5,7,10,22-23H,3H2,(H3,17,19,20,24);1,4-6,8,11,21-22H,3H2,(H,17,18,23);2-3,5,8,16,23-24H,1H2,(H2-,15,18,19,25);2-4,6,9,16,23-24H,1H2,(H2,15,17,18)/q;;;+1/p+1/t5-,7-,10+,12+;6-,8-,11+,12+;3-,5-,8+,10+;4-,6-,9+,10+/m0000/s1. The molecule has 0 bridgehead atoms. The van der Waals surface area contributed by atoms with E-state index in [0.717, 1.165) is 56.2 Å². The predicted molar refractivity (Wildman–Crippen MR) is 297 cm³/mol. The average Bonchev–Trinajstić information content (AvgIpc) is 1.60. The largest absolute Gasteiger partial charge is 0.398 e. The quantitative estimate of drug-likeness (QED) is 0.0289. The van der Waals surface area contributed by atoms with E-state index in [4.69, 9.17) is 60.1 Å². The van der Waals surface area contributed by atoms with Gasteiger partial charge in [0.2, 0.25) is 21.7 Å². The molecule has 100 heavy (non-hydrogen) atoms. The Bertz CT molecular complexity index is 4770. The minimum atomic E-state index is -5.00. The number of H-pyrrole nitrogens is 3. The molecule has 0 unspecified atom stereocenters. The minimum Gasteiger partial charge on any atom is -0.392 e. The van der Waals surface area contributed by atoms with Crippen molar-refractivity contribution < 1.29 is 112 Å². The Morgan fingerprint density at radius 3 is 1.17 bits per heavy atom. The smallest absolute Gasteiger partial charge is 0.392 e. The summed E-state index contributed by atoms with van der Waals surface area (Å²) in [5.74, 6) is -7.01. The van der Waals surface area contributed by atoms with E-state index in [1.54, 1.807) is 0 Å². The number of nitrogens with zero attached hydrogens (tertiary/aromatic N) is 17. The molecule has 0 amide bonds. The van der Waals surface area contributed by atoms with Crippen LogP contribution in [0.25, 0.3) is 44.7 Å². The van der Waals surface area contributed by atoms with Gasteiger partial charge in [-0.05, 0) is 0 Å². The highest BCUT2D eigenvalue weighted by Crippen LogP contribution is 2.54. The Morgan fingerprint density at radius 1 is 0.500 bits per heavy atom. The van der Waals surface area contributed by atoms with Gasteiger partial charge in [0.15, 0.2) is 91.3 Å². The van der Waals surface area contributed by atoms with Crippen molar-refractivity contribution in [3.63, 3.8) is 0 Å². The summed E-state index contributed by atoms with van der Waals surface area (Å²) in [4.78, 5) is 80.7. The van der Waals surface area contributed by atoms with Crippen molar-refractivity contribution >= 4 is 62.4 Å². The third kappa shape index (κ3) is 12.6. The van der Waals surface area contributed by atoms with Crippen molar-refractivity contribution in [2.75, 3.05) is 43.6 Å². The summed E-state index contributed by atoms with van der Waals surface area (Å²) in [6.45, 7) is -4.36. The molecule has 0 aromatic carbocycles. The molecule has 0 saturated carbocycles. The molecule has 40 nitrogen and oxygen atoms in total. The summed E-state index contributed by atoms with van der Waals surface area (Å²) in [5.41, 5.74) is 16.7. The number of anilines is 3. The molecule has 4 aliphatic heterocycles. The number of nitrogen functional groups attached to an aromatic ring is 3. The molecule has 12 rings (SSSR count). The number of halogens is 12. The zero-order valence-electron chi connectivity index (χ0n) is 49.2. The van der Waals surface area contributed by atoms with E-state index in [9.17, 15) is 108 Å². The van der Waals surface area contributed by atoms with E-state index in [-0.39, 0.29) is 62.4 Å². The summed E-state index contributed by atoms with van der Waals surface area (Å²) >= 11 is 0. The first-order valence-electron chi connectivity index (χ1n) is 27.3. The maximum absolute atomic E-state index is 13.5. The maximum Gasteiger partial charge on any atom is 0.398 e. The number of ether oxygens (including phenoxy) is 4. The number of rotatable bonds is 10. The van der Waals surface area contributed by atoms with Crippen LogP contribution in [0.4, 0.5) is 70.4 Å². The molecular formula is C48H47F12N25O15+2. The number of aromatic amines is 3. The molecule has 4 fully saturated rings. The Balaban J connectivity index is 0.000000156. The van der Waals surface area contributed by atoms with Crippen molar-refractivity contribution in [2.45, 2.75) is 96.7 Å². The first kappa shape index (κ1) is 73.7. The number of fused-ring (bicyclic) bond motifs is 4. The summed E-state index contributed by atoms with van der Waals surface area (Å²) in [5, 5.41) is 84.2. The van der Waals surface area contributed by atoms with Gasteiger partial charge in [0.1, 0.15) is 84.2 Å². The fourth-order valence-electron chi connectivity index (χ4n) is 11.1. The zero-order chi connectivity index (χ0) is 73.9. The predicted octanol–water partition coefficient (Wildman–Crippen LogP) is -2.59. The van der Waals surface area contributed by atoms with Crippen LogP contribution in [-0.2, 0) is 18.9 Å². The van der Waals surface area contributed by atoms with Gasteiger partial charge in [-0.15, -0.1) is 12.8 Å². The van der Waals surface area contributed by atoms with Gasteiger partial charge in [-0.3, -0.25) is 42.6 Å². The monoisotopic (exact) mass is 1440 g/mol. The fraction of sp³-hybridized carbons (Fsp3) is 0.500. The van der Waals surface area contributed by atoms with Gasteiger partial charge in [0.25, 0.3) is 28.1 Å². The number of hydrogen-bond acceptors (Lipinski definition) is 31. The second-order valence-electron chi connectivity index (χ2n) is 21.6. The highest BCUT2D eigenvalue weighted by molar-refractivity contribution is 5.81. The number of imidazole rings is 4. The molecule has 8 aromatic heterocycles. The van der Waals surface area contributed by atoms with E-state index < -0.39 is 163 Å². The topological polar surface area (TPSA) is 612 Å². The van der Waals surface area contributed by atoms with Crippen LogP contribution in [0.3, 0.4) is 0 Å². The zero-order valence-corrected chi connectivity index (χ0v) is 49.2. The van der Waals surface area contributed by atoms with Gasteiger partial charge in [-0.2, -0.15) is 62.7 Å². The molecular weight excluding hydrogens is 1390 g/mol. The lowest BCUT2D eigenvalue weighted by Gasteiger charge is -2.25. The van der Waals surface area contributed by atoms with Gasteiger partial charge in [0, 0.05) is 0 Å². The Morgan fingerprint density at radius 2 is 0.830 bits per heavy atom. The van der Waals surface area contributed by atoms with Gasteiger partial charge in [-0.25, -0.2) is 34.9 Å². The normalized spacial score (nSPS) is 29.8. The number of aromatic nitrogens is 16. The van der Waals surface area contributed by atoms with E-state index in [0.29, 0.717) is 0 Å². The van der Waals surface area contributed by atoms with Crippen molar-refractivity contribution in [2.24, 2.45) is 33.9 Å². The highest BCUT2D eigenvalue weighted by atomic mass is 19.4. The van der Waals surface area contributed by atoms with Crippen LogP contribution in [0.2, 0.25) is 0 Å². The Labute approximate surface area is 540 Å². The first-order valence-corrected chi connectivity index (χ1v) is 27.3. The number of nitrogens with two attached hydrogens (primary N) is 3. The summed E-state index contributed by atoms with van der Waals surface area (Å²) in [6.07, 6.45) is -20.5. The number of aliphatic hydroxyl groups excluding tert-OH is 8. The van der Waals surface area contributed by atoms with E-state index in [2.05, 4.69) is 79.9 Å². The summed E-state index contributed by atoms with van der Waals surface area (Å²) < 4.78 is 186. The Hall–Kier alpha value is -10.6. The molecule has 0 aliphatic carbocycles. The second kappa shape index (κ2) is 26.6. The van der Waals surface area contributed by atoms with E-state index in [1.807, 2.05) is 11.8 Å². The van der Waals surface area contributed by atoms with Crippen LogP contribution in [0, 0.1) is 59.4 Å². The molecule has 4 aliphatic rings. The van der Waals surface area contributed by atoms with Gasteiger partial charge >= 0.3 is 24.7 Å². The molecule has 0 radical (unpaired) electrons. The van der Waals surface area contributed by atoms with Crippen LogP contribution >= 0.6 is 0 Å². The molecule has 4 saturated heterocycles. The summed E-state index contributed by atoms with van der Waals surface area (Å²) in [6, 6.07) is 0. The third-order valence-corrected chi connectivity index (χ3v) is 15.9. The SMILES string of the molecule is C#C[C@]1(CO)O[C@@H](n2cnc3c(=O)[nH]c(N)nc32)[C@@H](C(F)(F)F)[C@@H]1O.C#C[C@]1(CO)O[C@@H](n2cnc3c(=O)[nH]cnc32)[C@@H](C(F)(F)F)[C@@H]1O.N=[N+]=N[C@]1(CO)O[C@@H](n2cnc3c(=O)[nH]c(N)nc32)[C@@H](C(F)(F)F)[C@@H]1O.N=[N+]=N[C@]1(CO)O[C@@H](n2cnc3c(N)ncnc32)[C@@H](C(F)(F)F)[C@@H]1O. The third-order valence-electron chi connectivity index (χ3n) is 15.9. The van der Waals surface area contributed by atoms with Gasteiger partial charge < -0.3 is 82.0 Å². The van der Waals surface area contributed by atoms with Crippen LogP contribution < -0.4 is 43.7 Å². The lowest BCUT2D eigenvalue weighted by atomic mass is 9.90. The second-order valence-corrected chi connectivity index (χ2v) is 21.6. The van der Waals surface area contributed by atoms with Crippen LogP contribution in [0.15, 0.2) is 62.6 Å². The first-order chi connectivity index (χ1) is 46.8. The number of nitrogens with one attached hydrogen (secondary N) is 5. The number of alkyl halides is 12.